The molecule has 2 amide bonds. The van der Waals surface area contributed by atoms with Gasteiger partial charge in [0.1, 0.15) is 0 Å². The summed E-state index contributed by atoms with van der Waals surface area (Å²) in [5, 5.41) is 9.11. The Bertz CT molecular complexity index is 584. The van der Waals surface area contributed by atoms with E-state index in [1.165, 1.54) is 6.07 Å². The van der Waals surface area contributed by atoms with Crippen molar-refractivity contribution in [3.8, 4) is 0 Å². The van der Waals surface area contributed by atoms with Crippen LogP contribution in [0.25, 0.3) is 0 Å². The molecule has 1 aliphatic rings. The van der Waals surface area contributed by atoms with Crippen molar-refractivity contribution in [1.82, 2.24) is 0 Å². The molecule has 0 spiro atoms. The third-order valence-corrected chi connectivity index (χ3v) is 3.53. The van der Waals surface area contributed by atoms with Crippen LogP contribution in [-0.2, 0) is 9.59 Å². The maximum absolute atomic E-state index is 12.2. The number of hydrogen-bond acceptors (Lipinski definition) is 3. The van der Waals surface area contributed by atoms with Gasteiger partial charge in [-0.25, -0.2) is 4.79 Å². The summed E-state index contributed by atoms with van der Waals surface area (Å²) < 4.78 is 0. The van der Waals surface area contributed by atoms with Gasteiger partial charge in [-0.05, 0) is 30.0 Å². The highest BCUT2D eigenvalue weighted by Crippen LogP contribution is 2.35. The number of anilines is 1. The second kappa shape index (κ2) is 4.74. The van der Waals surface area contributed by atoms with Crippen LogP contribution in [0.4, 0.5) is 5.69 Å². The van der Waals surface area contributed by atoms with Gasteiger partial charge >= 0.3 is 5.97 Å². The fourth-order valence-corrected chi connectivity index (χ4v) is 2.54. The average Bonchev–Trinajstić information content (AvgIpc) is 2.28. The molecule has 1 aromatic rings. The van der Waals surface area contributed by atoms with Crippen LogP contribution >= 0.6 is 0 Å². The molecule has 1 aliphatic heterocycles. The van der Waals surface area contributed by atoms with Gasteiger partial charge in [0.25, 0.3) is 0 Å². The zero-order chi connectivity index (χ0) is 15.1. The smallest absolute Gasteiger partial charge is 0.336 e. The molecule has 20 heavy (non-hydrogen) atoms. The van der Waals surface area contributed by atoms with Gasteiger partial charge in [0, 0.05) is 12.8 Å². The highest BCUT2D eigenvalue weighted by atomic mass is 16.4. The number of amides is 2. The van der Waals surface area contributed by atoms with E-state index in [1.54, 1.807) is 19.1 Å². The summed E-state index contributed by atoms with van der Waals surface area (Å²) >= 11 is 0. The first kappa shape index (κ1) is 14.2. The molecule has 0 radical (unpaired) electrons. The summed E-state index contributed by atoms with van der Waals surface area (Å²) in [6.07, 6.45) is 0.547. The van der Waals surface area contributed by atoms with Crippen molar-refractivity contribution in [2.75, 3.05) is 4.90 Å². The number of nitrogens with zero attached hydrogens (tertiary/aromatic N) is 1. The van der Waals surface area contributed by atoms with E-state index in [0.717, 1.165) is 4.90 Å². The van der Waals surface area contributed by atoms with E-state index in [9.17, 15) is 14.4 Å². The molecule has 0 aliphatic carbocycles. The molecule has 1 N–H and O–H groups in total. The largest absolute Gasteiger partial charge is 0.478 e. The van der Waals surface area contributed by atoms with Crippen LogP contribution in [0.5, 0.6) is 0 Å². The van der Waals surface area contributed by atoms with Crippen LogP contribution in [0.15, 0.2) is 18.2 Å². The summed E-state index contributed by atoms with van der Waals surface area (Å²) in [5.41, 5.74) is 0.563. The minimum Gasteiger partial charge on any atom is -0.478 e. The molecule has 0 saturated carbocycles. The van der Waals surface area contributed by atoms with E-state index in [0.29, 0.717) is 11.3 Å². The fourth-order valence-electron chi connectivity index (χ4n) is 2.54. The number of aromatic carboxylic acids is 1. The molecule has 0 bridgehead atoms. The summed E-state index contributed by atoms with van der Waals surface area (Å²) in [5.74, 6) is -1.63. The van der Waals surface area contributed by atoms with Crippen molar-refractivity contribution in [3.63, 3.8) is 0 Å². The first-order valence-corrected chi connectivity index (χ1v) is 6.42. The lowest BCUT2D eigenvalue weighted by Gasteiger charge is -2.35. The number of piperidine rings is 1. The monoisotopic (exact) mass is 275 g/mol. The van der Waals surface area contributed by atoms with E-state index in [-0.39, 0.29) is 35.6 Å². The van der Waals surface area contributed by atoms with Crippen LogP contribution in [0.3, 0.4) is 0 Å². The molecule has 2 rings (SSSR count). The molecule has 1 fully saturated rings. The Morgan fingerprint density at radius 1 is 1.20 bits per heavy atom. The summed E-state index contributed by atoms with van der Waals surface area (Å²) in [7, 11) is 0. The second-order valence-corrected chi connectivity index (χ2v) is 5.90. The minimum absolute atomic E-state index is 0.105. The van der Waals surface area contributed by atoms with Crippen molar-refractivity contribution in [3.05, 3.63) is 29.3 Å². The Balaban J connectivity index is 2.47. The van der Waals surface area contributed by atoms with Crippen LogP contribution < -0.4 is 4.90 Å². The lowest BCUT2D eigenvalue weighted by atomic mass is 9.81. The van der Waals surface area contributed by atoms with Gasteiger partial charge in [0.2, 0.25) is 11.8 Å². The predicted molar refractivity (Wildman–Crippen MR) is 73.6 cm³/mol. The minimum atomic E-state index is -1.07. The van der Waals surface area contributed by atoms with Crippen molar-refractivity contribution >= 4 is 23.5 Å². The summed E-state index contributed by atoms with van der Waals surface area (Å²) in [6.45, 7) is 5.36. The van der Waals surface area contributed by atoms with Crippen molar-refractivity contribution in [2.24, 2.45) is 5.41 Å². The quantitative estimate of drug-likeness (QED) is 0.841. The Kier molecular flexibility index (Phi) is 3.38. The first-order valence-electron chi connectivity index (χ1n) is 6.42. The van der Waals surface area contributed by atoms with E-state index in [2.05, 4.69) is 0 Å². The summed E-state index contributed by atoms with van der Waals surface area (Å²) in [6, 6.07) is 4.62. The van der Waals surface area contributed by atoms with Gasteiger partial charge in [0.15, 0.2) is 0 Å². The Labute approximate surface area is 117 Å². The number of carboxylic acids is 1. The number of rotatable bonds is 2. The molecule has 0 aromatic heterocycles. The van der Waals surface area contributed by atoms with Crippen LogP contribution in [0.2, 0.25) is 0 Å². The fraction of sp³-hybridized carbons (Fsp3) is 0.400. The zero-order valence-corrected chi connectivity index (χ0v) is 11.8. The van der Waals surface area contributed by atoms with Gasteiger partial charge in [-0.1, -0.05) is 19.9 Å². The number of imide groups is 1. The first-order chi connectivity index (χ1) is 9.23. The average molecular weight is 275 g/mol. The second-order valence-electron chi connectivity index (χ2n) is 5.90. The van der Waals surface area contributed by atoms with Crippen molar-refractivity contribution < 1.29 is 19.5 Å². The normalized spacial score (nSPS) is 18.2. The van der Waals surface area contributed by atoms with Gasteiger partial charge in [-0.3, -0.25) is 14.5 Å². The number of carbonyl (C=O) groups is 3. The lowest BCUT2D eigenvalue weighted by molar-refractivity contribution is -0.132. The predicted octanol–water partition coefficient (Wildman–Crippen LogP) is 2.37. The molecule has 1 heterocycles. The topological polar surface area (TPSA) is 74.7 Å². The highest BCUT2D eigenvalue weighted by Gasteiger charge is 2.38. The van der Waals surface area contributed by atoms with E-state index < -0.39 is 5.97 Å². The molecule has 5 heteroatoms. The molecule has 5 nitrogen and oxygen atoms in total. The van der Waals surface area contributed by atoms with Gasteiger partial charge in [-0.2, -0.15) is 0 Å². The Morgan fingerprint density at radius 2 is 1.75 bits per heavy atom. The molecular weight excluding hydrogens is 258 g/mol. The van der Waals surface area contributed by atoms with Crippen LogP contribution in [0.1, 0.15) is 42.6 Å². The Hall–Kier alpha value is -2.17. The third-order valence-electron chi connectivity index (χ3n) is 3.53. The number of benzene rings is 1. The van der Waals surface area contributed by atoms with Crippen LogP contribution in [0, 0.1) is 12.3 Å². The molecule has 0 unspecified atom stereocenters. The molecule has 1 saturated heterocycles. The lowest BCUT2D eigenvalue weighted by Crippen LogP contribution is -2.46. The summed E-state index contributed by atoms with van der Waals surface area (Å²) in [4.78, 5) is 36.7. The van der Waals surface area contributed by atoms with Crippen molar-refractivity contribution in [1.29, 1.82) is 0 Å². The van der Waals surface area contributed by atoms with E-state index in [4.69, 9.17) is 5.11 Å². The SMILES string of the molecule is Cc1c(C(=O)O)cccc1N1C(=O)CC(C)(C)CC1=O. The van der Waals surface area contributed by atoms with Gasteiger partial charge in [-0.15, -0.1) is 0 Å². The molecule has 1 aromatic carbocycles. The molecule has 106 valence electrons. The maximum Gasteiger partial charge on any atom is 0.336 e. The van der Waals surface area contributed by atoms with Crippen molar-refractivity contribution in [2.45, 2.75) is 33.6 Å². The molecule has 0 atom stereocenters. The highest BCUT2D eigenvalue weighted by molar-refractivity contribution is 6.17. The molecular formula is C15H17NO4. The van der Waals surface area contributed by atoms with Gasteiger partial charge in [0.05, 0.1) is 11.3 Å². The maximum atomic E-state index is 12.2. The number of carboxylic acid groups (broad SMARTS) is 1. The third kappa shape index (κ3) is 2.43. The number of hydrogen-bond donors (Lipinski definition) is 1. The van der Waals surface area contributed by atoms with E-state index >= 15 is 0 Å². The zero-order valence-electron chi connectivity index (χ0n) is 11.8. The Morgan fingerprint density at radius 3 is 2.25 bits per heavy atom. The van der Waals surface area contributed by atoms with Crippen LogP contribution in [-0.4, -0.2) is 22.9 Å². The van der Waals surface area contributed by atoms with E-state index in [1.807, 2.05) is 13.8 Å². The number of carbonyl (C=O) groups excluding carboxylic acids is 2. The van der Waals surface area contributed by atoms with Gasteiger partial charge < -0.3 is 5.11 Å². The standard InChI is InChI=1S/C15H17NO4/c1-9-10(14(19)20)5-4-6-11(9)16-12(17)7-15(2,3)8-13(16)18/h4-6H,7-8H2,1-3H3,(H,19,20).